The lowest BCUT2D eigenvalue weighted by Crippen LogP contribution is -2.00. The van der Waals surface area contributed by atoms with E-state index in [2.05, 4.69) is 473 Å². The van der Waals surface area contributed by atoms with E-state index in [4.69, 9.17) is 39.3 Å². The number of thiophene rings is 2. The summed E-state index contributed by atoms with van der Waals surface area (Å²) in [5.41, 5.74) is 21.3. The summed E-state index contributed by atoms with van der Waals surface area (Å²) < 4.78 is 11.4. The van der Waals surface area contributed by atoms with Gasteiger partial charge in [-0.25, -0.2) is 34.9 Å². The van der Waals surface area contributed by atoms with Gasteiger partial charge >= 0.3 is 0 Å². The molecular weight excluding hydrogens is 1820 g/mol. The number of furan rings is 1. The average Bonchev–Trinajstić information content (AvgIpc) is 1.67. The predicted molar refractivity (Wildman–Crippen MR) is 620 cm³/mol. The van der Waals surface area contributed by atoms with Gasteiger partial charge in [-0.15, -0.1) is 22.7 Å². The van der Waals surface area contributed by atoms with Gasteiger partial charge in [-0.1, -0.05) is 437 Å². The van der Waals surface area contributed by atoms with Crippen LogP contribution in [0.1, 0.15) is 0 Å². The molecule has 0 amide bonds. The molecule has 30 aromatic rings. The molecule has 10 heteroatoms. The summed E-state index contributed by atoms with van der Waals surface area (Å²) in [5.74, 6) is 3.35. The van der Waals surface area contributed by atoms with E-state index >= 15 is 0 Å². The zero-order valence-corrected chi connectivity index (χ0v) is 80.9. The highest BCUT2D eigenvalue weighted by Gasteiger charge is 2.25. The Bertz CT molecular complexity index is 9460. The third-order valence-corrected chi connectivity index (χ3v) is 31.4. The molecule has 0 spiro atoms. The van der Waals surface area contributed by atoms with Gasteiger partial charge in [-0.2, -0.15) is 0 Å². The van der Waals surface area contributed by atoms with E-state index in [1.807, 2.05) is 41.7 Å². The van der Waals surface area contributed by atoms with Crippen LogP contribution >= 0.6 is 22.7 Å². The molecule has 30 rings (SSSR count). The summed E-state index contributed by atoms with van der Waals surface area (Å²) in [4.78, 5) is 36.6. The fourth-order valence-corrected chi connectivity index (χ4v) is 24.2. The summed E-state index contributed by atoms with van der Waals surface area (Å²) in [5, 5.41) is 29.5. The smallest absolute Gasteiger partial charge is 0.165 e. The van der Waals surface area contributed by atoms with Crippen molar-refractivity contribution in [2.24, 2.45) is 0 Å². The minimum absolute atomic E-state index is 0.632. The van der Waals surface area contributed by atoms with E-state index in [-0.39, 0.29) is 0 Å². The zero-order valence-electron chi connectivity index (χ0n) is 79.3. The van der Waals surface area contributed by atoms with Crippen LogP contribution in [0, 0.1) is 0 Å². The van der Waals surface area contributed by atoms with Crippen molar-refractivity contribution in [3.63, 3.8) is 0 Å². The summed E-state index contributed by atoms with van der Waals surface area (Å²) in [7, 11) is 0. The SMILES string of the molecule is c1ccc(-c2ccc(-c3cc(-c4ccc5c6ccccc6c6ccccc6c5c4)nc(-c4cccc5c4oc4ccccc45)n3)cc2)cc1.c1ccc(-c2ccc(-c3cc(-c4ccc5c6ccccc6c6ccccc6c5c4)nc(-c4cccc5c4sc4ccccc45)n3)cc2)cc1.c1ccc(-c2ccc(-c3nc(-c4ccc5c6ccccc6c6ccccc6c5c4)nc(-c4cccc5c4sc4ccccc45)n3)cc2)cc1. The Hall–Kier alpha value is -19.0. The number of fused-ring (bicyclic) bond motifs is 27. The third kappa shape index (κ3) is 15.4. The van der Waals surface area contributed by atoms with Gasteiger partial charge in [0.05, 0.1) is 28.3 Å². The van der Waals surface area contributed by atoms with Crippen molar-refractivity contribution in [1.29, 1.82) is 0 Å². The minimum atomic E-state index is 0.632. The molecule has 24 aromatic carbocycles. The molecule has 0 fully saturated rings. The molecule has 8 nitrogen and oxygen atoms in total. The van der Waals surface area contributed by atoms with Crippen molar-refractivity contribution in [3.8, 4) is 135 Å². The van der Waals surface area contributed by atoms with E-state index in [1.165, 1.54) is 165 Å². The standard InChI is InChI=1S/C46H28N2O.C46H28N2S.C45H27N3S/c2*1-2-11-29(12-3-1)30-21-23-31(24-22-30)42-28-43(48-46(47-42)40-19-10-18-39-38-17-8-9-20-44(38)49-45(39)40)32-25-26-37-35-15-5-4-13-33(35)34-14-6-7-16-36(34)41(37)27-32;1-2-11-28(12-3-1)29-21-23-30(24-22-29)43-46-44(48-45(47-43)39-19-10-18-38-37-17-8-9-20-41(37)49-42(38)39)31-25-26-36-34-15-5-4-13-32(34)33-14-6-7-16-35(33)40(36)27-31/h2*1-28H;1-27H. The minimum Gasteiger partial charge on any atom is -0.455 e. The molecular formula is C137H83N7OS2. The van der Waals surface area contributed by atoms with Gasteiger partial charge in [0, 0.05) is 95.6 Å². The van der Waals surface area contributed by atoms with Gasteiger partial charge in [0.15, 0.2) is 29.1 Å². The summed E-state index contributed by atoms with van der Waals surface area (Å²) in [6.07, 6.45) is 0. The Morgan fingerprint density at radius 1 is 0.136 bits per heavy atom. The number of para-hydroxylation sites is 2. The second kappa shape index (κ2) is 36.2. The maximum absolute atomic E-state index is 6.46. The van der Waals surface area contributed by atoms with Gasteiger partial charge in [0.2, 0.25) is 0 Å². The molecule has 0 unspecified atom stereocenters. The molecule has 0 aliphatic carbocycles. The number of nitrogens with zero attached hydrogens (tertiary/aromatic N) is 7. The average molecular weight is 1910 g/mol. The number of rotatable bonds is 12. The van der Waals surface area contributed by atoms with Crippen molar-refractivity contribution in [3.05, 3.63) is 504 Å². The largest absolute Gasteiger partial charge is 0.455 e. The van der Waals surface area contributed by atoms with Crippen LogP contribution < -0.4 is 0 Å². The maximum atomic E-state index is 6.46. The first-order chi connectivity index (χ1) is 72.8. The molecule has 0 bridgehead atoms. The summed E-state index contributed by atoms with van der Waals surface area (Å²) in [6.45, 7) is 0. The predicted octanol–water partition coefficient (Wildman–Crippen LogP) is 37.8. The van der Waals surface area contributed by atoms with Crippen LogP contribution in [0.15, 0.2) is 508 Å². The lowest BCUT2D eigenvalue weighted by Gasteiger charge is -2.13. The van der Waals surface area contributed by atoms with Crippen LogP contribution in [0.4, 0.5) is 0 Å². The van der Waals surface area contributed by atoms with Crippen LogP contribution in [0.25, 0.3) is 295 Å². The lowest BCUT2D eigenvalue weighted by atomic mass is 9.92. The molecule has 6 aromatic heterocycles. The highest BCUT2D eigenvalue weighted by atomic mass is 32.1. The van der Waals surface area contributed by atoms with Crippen molar-refractivity contribution in [2.45, 2.75) is 0 Å². The molecule has 0 N–H and O–H groups in total. The monoisotopic (exact) mass is 1910 g/mol. The highest BCUT2D eigenvalue weighted by molar-refractivity contribution is 7.26. The first-order valence-electron chi connectivity index (χ1n) is 49.6. The molecule has 0 aliphatic heterocycles. The quantitative estimate of drug-likeness (QED) is 0.111. The summed E-state index contributed by atoms with van der Waals surface area (Å²) >= 11 is 3.60. The normalized spacial score (nSPS) is 11.7. The van der Waals surface area contributed by atoms with Crippen molar-refractivity contribution >= 4 is 182 Å². The van der Waals surface area contributed by atoms with E-state index < -0.39 is 0 Å². The fourth-order valence-electron chi connectivity index (χ4n) is 21.8. The number of hydrogen-bond acceptors (Lipinski definition) is 10. The van der Waals surface area contributed by atoms with E-state index in [0.717, 1.165) is 106 Å². The Morgan fingerprint density at radius 2 is 0.381 bits per heavy atom. The first-order valence-corrected chi connectivity index (χ1v) is 51.2. The topological polar surface area (TPSA) is 103 Å². The number of benzene rings is 24. The summed E-state index contributed by atoms with van der Waals surface area (Å²) in [6, 6.07) is 178. The van der Waals surface area contributed by atoms with Gasteiger partial charge in [-0.05, 0) is 197 Å². The van der Waals surface area contributed by atoms with Crippen LogP contribution in [0.3, 0.4) is 0 Å². The molecule has 0 aliphatic rings. The Kier molecular flexibility index (Phi) is 21.2. The molecule has 0 saturated heterocycles. The first kappa shape index (κ1) is 86.0. The van der Waals surface area contributed by atoms with E-state index in [1.54, 1.807) is 11.3 Å². The maximum Gasteiger partial charge on any atom is 0.165 e. The number of hydrogen-bond donors (Lipinski definition) is 0. The second-order valence-corrected chi connectivity index (χ2v) is 39.6. The molecule has 0 saturated carbocycles. The third-order valence-electron chi connectivity index (χ3n) is 28.9. The van der Waals surface area contributed by atoms with Crippen molar-refractivity contribution in [2.75, 3.05) is 0 Å². The van der Waals surface area contributed by atoms with Gasteiger partial charge in [0.25, 0.3) is 0 Å². The van der Waals surface area contributed by atoms with Crippen molar-refractivity contribution in [1.82, 2.24) is 34.9 Å². The van der Waals surface area contributed by atoms with Crippen LogP contribution in [0.2, 0.25) is 0 Å². The van der Waals surface area contributed by atoms with Gasteiger partial charge < -0.3 is 4.42 Å². The molecule has 6 heterocycles. The Labute approximate surface area is 853 Å². The van der Waals surface area contributed by atoms with Crippen molar-refractivity contribution < 1.29 is 4.42 Å². The van der Waals surface area contributed by atoms with Crippen LogP contribution in [-0.4, -0.2) is 34.9 Å². The van der Waals surface area contributed by atoms with E-state index in [0.29, 0.717) is 23.3 Å². The second-order valence-electron chi connectivity index (χ2n) is 37.5. The number of aromatic nitrogens is 7. The van der Waals surface area contributed by atoms with Crippen LogP contribution in [0.5, 0.6) is 0 Å². The van der Waals surface area contributed by atoms with E-state index in [9.17, 15) is 0 Å². The van der Waals surface area contributed by atoms with Gasteiger partial charge in [-0.3, -0.25) is 0 Å². The van der Waals surface area contributed by atoms with Crippen LogP contribution in [-0.2, 0) is 0 Å². The molecule has 684 valence electrons. The molecule has 147 heavy (non-hydrogen) atoms. The highest BCUT2D eigenvalue weighted by Crippen LogP contribution is 2.48. The lowest BCUT2D eigenvalue weighted by molar-refractivity contribution is 0.669. The Morgan fingerprint density at radius 3 is 0.769 bits per heavy atom. The van der Waals surface area contributed by atoms with Gasteiger partial charge in [0.1, 0.15) is 11.2 Å². The zero-order chi connectivity index (χ0) is 96.9. The fraction of sp³-hybridized carbons (Fsp3) is 0. The Balaban J connectivity index is 0.000000107. The molecule has 0 atom stereocenters. The molecule has 0 radical (unpaired) electrons.